The number of fused-ring (bicyclic) bond motifs is 1. The van der Waals surface area contributed by atoms with Gasteiger partial charge in [0.2, 0.25) is 0 Å². The summed E-state index contributed by atoms with van der Waals surface area (Å²) in [6, 6.07) is 6.04. The molecule has 2 rings (SSSR count). The zero-order valence-electron chi connectivity index (χ0n) is 7.78. The van der Waals surface area contributed by atoms with Crippen LogP contribution in [-0.2, 0) is 13.7 Å². The van der Waals surface area contributed by atoms with Crippen molar-refractivity contribution in [3.05, 3.63) is 29.5 Å². The van der Waals surface area contributed by atoms with Crippen LogP contribution in [0.25, 0.3) is 10.9 Å². The molecule has 0 saturated carbocycles. The lowest BCUT2D eigenvalue weighted by Crippen LogP contribution is -1.90. The molecule has 0 radical (unpaired) electrons. The van der Waals surface area contributed by atoms with Crippen molar-refractivity contribution in [3.8, 4) is 0 Å². The molecule has 0 spiro atoms. The second-order valence-corrected chi connectivity index (χ2v) is 3.20. The van der Waals surface area contributed by atoms with E-state index < -0.39 is 0 Å². The number of hydrogen-bond acceptors (Lipinski definition) is 2. The fourth-order valence-electron chi connectivity index (χ4n) is 1.69. The molecule has 1 N–H and O–H groups in total. The summed E-state index contributed by atoms with van der Waals surface area (Å²) in [5.74, 6) is 0. The predicted molar refractivity (Wildman–Crippen MR) is 51.4 cm³/mol. The van der Waals surface area contributed by atoms with Gasteiger partial charge in [-0.1, -0.05) is 12.1 Å². The highest BCUT2D eigenvalue weighted by molar-refractivity contribution is 5.85. The minimum atomic E-state index is 0.00218. The number of aryl methyl sites for hydroxylation is 2. The minimum Gasteiger partial charge on any atom is -0.390 e. The highest BCUT2D eigenvalue weighted by Crippen LogP contribution is 2.21. The highest BCUT2D eigenvalue weighted by atomic mass is 16.3. The molecule has 0 bridgehead atoms. The van der Waals surface area contributed by atoms with Crippen LogP contribution in [0, 0.1) is 6.92 Å². The molecule has 0 aliphatic rings. The number of aromatic nitrogens is 2. The van der Waals surface area contributed by atoms with E-state index in [0.29, 0.717) is 0 Å². The number of rotatable bonds is 1. The first-order chi connectivity index (χ1) is 6.24. The maximum absolute atomic E-state index is 9.10. The molecular formula is C10H12N2O. The Kier molecular flexibility index (Phi) is 1.81. The van der Waals surface area contributed by atoms with E-state index in [2.05, 4.69) is 5.10 Å². The number of benzene rings is 1. The third kappa shape index (κ3) is 1.12. The molecule has 3 nitrogen and oxygen atoms in total. The smallest absolute Gasteiger partial charge is 0.0960 e. The third-order valence-corrected chi connectivity index (χ3v) is 2.31. The molecule has 3 heteroatoms. The van der Waals surface area contributed by atoms with Crippen molar-refractivity contribution in [3.63, 3.8) is 0 Å². The molecule has 68 valence electrons. The first-order valence-corrected chi connectivity index (χ1v) is 4.26. The maximum Gasteiger partial charge on any atom is 0.0960 e. The van der Waals surface area contributed by atoms with E-state index in [-0.39, 0.29) is 6.61 Å². The average Bonchev–Trinajstić information content (AvgIpc) is 2.45. The molecule has 0 unspecified atom stereocenters. The van der Waals surface area contributed by atoms with Gasteiger partial charge in [0.1, 0.15) is 0 Å². The highest BCUT2D eigenvalue weighted by Gasteiger charge is 2.08. The van der Waals surface area contributed by atoms with E-state index in [9.17, 15) is 0 Å². The average molecular weight is 176 g/mol. The van der Waals surface area contributed by atoms with Crippen LogP contribution >= 0.6 is 0 Å². The summed E-state index contributed by atoms with van der Waals surface area (Å²) < 4.78 is 1.80. The molecule has 0 fully saturated rings. The van der Waals surface area contributed by atoms with Gasteiger partial charge < -0.3 is 5.11 Å². The number of nitrogens with zero attached hydrogens (tertiary/aromatic N) is 2. The molecule has 2 aromatic rings. The second-order valence-electron chi connectivity index (χ2n) is 3.20. The van der Waals surface area contributed by atoms with Gasteiger partial charge in [0, 0.05) is 12.4 Å². The summed E-state index contributed by atoms with van der Waals surface area (Å²) >= 11 is 0. The van der Waals surface area contributed by atoms with Crippen molar-refractivity contribution in [1.82, 2.24) is 9.78 Å². The molecule has 1 aromatic heterocycles. The lowest BCUT2D eigenvalue weighted by molar-refractivity contribution is 0.277. The summed E-state index contributed by atoms with van der Waals surface area (Å²) in [7, 11) is 1.89. The van der Waals surface area contributed by atoms with Crippen molar-refractivity contribution in [2.24, 2.45) is 7.05 Å². The van der Waals surface area contributed by atoms with Crippen LogP contribution in [-0.4, -0.2) is 14.9 Å². The predicted octanol–water partition coefficient (Wildman–Crippen LogP) is 1.37. The van der Waals surface area contributed by atoms with Crippen LogP contribution in [0.2, 0.25) is 0 Å². The molecule has 0 atom stereocenters. The van der Waals surface area contributed by atoms with Crippen LogP contribution in [0.1, 0.15) is 11.3 Å². The molecule has 0 amide bonds. The maximum atomic E-state index is 9.10. The summed E-state index contributed by atoms with van der Waals surface area (Å²) in [6.07, 6.45) is 0. The Morgan fingerprint density at radius 1 is 1.46 bits per heavy atom. The van der Waals surface area contributed by atoms with Gasteiger partial charge in [-0.3, -0.25) is 4.68 Å². The Morgan fingerprint density at radius 3 is 2.92 bits per heavy atom. The third-order valence-electron chi connectivity index (χ3n) is 2.31. The molecule has 0 aliphatic carbocycles. The summed E-state index contributed by atoms with van der Waals surface area (Å²) in [5.41, 5.74) is 2.99. The van der Waals surface area contributed by atoms with E-state index >= 15 is 0 Å². The Balaban J connectivity index is 2.89. The summed E-state index contributed by atoms with van der Waals surface area (Å²) in [6.45, 7) is 2.03. The Labute approximate surface area is 76.6 Å². The SMILES string of the molecule is Cc1cccc2c1c(CO)nn2C. The Hall–Kier alpha value is -1.35. The Morgan fingerprint density at radius 2 is 2.23 bits per heavy atom. The molecular weight excluding hydrogens is 164 g/mol. The van der Waals surface area contributed by atoms with Gasteiger partial charge in [-0.15, -0.1) is 0 Å². The first-order valence-electron chi connectivity index (χ1n) is 4.26. The summed E-state index contributed by atoms with van der Waals surface area (Å²) in [5, 5.41) is 14.4. The fraction of sp³-hybridized carbons (Fsp3) is 0.300. The number of hydrogen-bond donors (Lipinski definition) is 1. The summed E-state index contributed by atoms with van der Waals surface area (Å²) in [4.78, 5) is 0. The van der Waals surface area contributed by atoms with Gasteiger partial charge >= 0.3 is 0 Å². The second kappa shape index (κ2) is 2.85. The zero-order valence-corrected chi connectivity index (χ0v) is 7.78. The fourth-order valence-corrected chi connectivity index (χ4v) is 1.69. The number of aliphatic hydroxyl groups is 1. The Bertz CT molecular complexity index is 445. The van der Waals surface area contributed by atoms with Crippen LogP contribution < -0.4 is 0 Å². The quantitative estimate of drug-likeness (QED) is 0.712. The standard InChI is InChI=1S/C10H12N2O/c1-7-4-3-5-9-10(7)8(6-13)11-12(9)2/h3-5,13H,6H2,1-2H3. The topological polar surface area (TPSA) is 38.1 Å². The van der Waals surface area contributed by atoms with Crippen molar-refractivity contribution in [1.29, 1.82) is 0 Å². The van der Waals surface area contributed by atoms with E-state index in [1.54, 1.807) is 4.68 Å². The number of aliphatic hydroxyl groups excluding tert-OH is 1. The lowest BCUT2D eigenvalue weighted by atomic mass is 10.1. The van der Waals surface area contributed by atoms with Crippen molar-refractivity contribution in [2.75, 3.05) is 0 Å². The van der Waals surface area contributed by atoms with E-state index in [1.807, 2.05) is 32.2 Å². The molecule has 0 aliphatic heterocycles. The van der Waals surface area contributed by atoms with Crippen LogP contribution in [0.15, 0.2) is 18.2 Å². The normalized spacial score (nSPS) is 11.0. The lowest BCUT2D eigenvalue weighted by Gasteiger charge is -1.96. The molecule has 1 heterocycles. The largest absolute Gasteiger partial charge is 0.390 e. The van der Waals surface area contributed by atoms with E-state index in [4.69, 9.17) is 5.11 Å². The van der Waals surface area contributed by atoms with Crippen molar-refractivity contribution in [2.45, 2.75) is 13.5 Å². The zero-order chi connectivity index (χ0) is 9.42. The molecule has 13 heavy (non-hydrogen) atoms. The molecule has 1 aromatic carbocycles. The van der Waals surface area contributed by atoms with Gasteiger partial charge in [0.15, 0.2) is 0 Å². The van der Waals surface area contributed by atoms with Crippen LogP contribution in [0.5, 0.6) is 0 Å². The van der Waals surface area contributed by atoms with Crippen molar-refractivity contribution >= 4 is 10.9 Å². The van der Waals surface area contributed by atoms with E-state index in [1.165, 1.54) is 0 Å². The monoisotopic (exact) mass is 176 g/mol. The van der Waals surface area contributed by atoms with Gasteiger partial charge in [-0.05, 0) is 18.6 Å². The minimum absolute atomic E-state index is 0.00218. The van der Waals surface area contributed by atoms with Gasteiger partial charge in [0.05, 0.1) is 17.8 Å². The van der Waals surface area contributed by atoms with Gasteiger partial charge in [0.25, 0.3) is 0 Å². The van der Waals surface area contributed by atoms with Crippen LogP contribution in [0.4, 0.5) is 0 Å². The van der Waals surface area contributed by atoms with Crippen molar-refractivity contribution < 1.29 is 5.11 Å². The molecule has 0 saturated heterocycles. The first kappa shape index (κ1) is 8.26. The van der Waals surface area contributed by atoms with Gasteiger partial charge in [-0.25, -0.2) is 0 Å². The van der Waals surface area contributed by atoms with Crippen LogP contribution in [0.3, 0.4) is 0 Å². The van der Waals surface area contributed by atoms with Gasteiger partial charge in [-0.2, -0.15) is 5.10 Å². The van der Waals surface area contributed by atoms with E-state index in [0.717, 1.165) is 22.2 Å².